The van der Waals surface area contributed by atoms with Crippen LogP contribution in [-0.2, 0) is 16.3 Å². The first-order chi connectivity index (χ1) is 3.56. The predicted molar refractivity (Wildman–Crippen MR) is 42.2 cm³/mol. The van der Waals surface area contributed by atoms with Crippen molar-refractivity contribution in [2.45, 2.75) is 0 Å². The van der Waals surface area contributed by atoms with Crippen molar-refractivity contribution < 1.29 is 9.42 Å². The number of thiol groups is 1. The topological polar surface area (TPSA) is 29.5 Å². The van der Waals surface area contributed by atoms with E-state index in [2.05, 4.69) is 28.6 Å². The Morgan fingerprint density at radius 2 is 2.38 bits per heavy atom. The van der Waals surface area contributed by atoms with Gasteiger partial charge in [-0.25, -0.2) is 0 Å². The maximum atomic E-state index is 8.66. The van der Waals surface area contributed by atoms with Crippen LogP contribution in [-0.4, -0.2) is 17.4 Å². The van der Waals surface area contributed by atoms with E-state index < -0.39 is 5.69 Å². The average molecular weight is 193 g/mol. The number of hydrogen-bond donors (Lipinski definition) is 2. The van der Waals surface area contributed by atoms with Gasteiger partial charge in [0.15, 0.2) is 0 Å². The molecule has 0 radical (unpaired) electrons. The third-order valence-electron chi connectivity index (χ3n) is 0.337. The zero-order valence-corrected chi connectivity index (χ0v) is 7.31. The smallest absolute Gasteiger partial charge is 0.241 e. The van der Waals surface area contributed by atoms with Gasteiger partial charge >= 0.3 is 0 Å². The van der Waals surface area contributed by atoms with Gasteiger partial charge in [0.25, 0.3) is 0 Å². The van der Waals surface area contributed by atoms with E-state index in [1.165, 1.54) is 0 Å². The summed E-state index contributed by atoms with van der Waals surface area (Å²) < 4.78 is 4.59. The summed E-state index contributed by atoms with van der Waals surface area (Å²) in [6.07, 6.45) is 0. The van der Waals surface area contributed by atoms with E-state index in [1.807, 2.05) is 0 Å². The molecular formula is C2H6ClO2PS2. The summed E-state index contributed by atoms with van der Waals surface area (Å²) in [4.78, 5) is 8.66. The lowest BCUT2D eigenvalue weighted by atomic mass is 10.9. The first kappa shape index (κ1) is 9.21. The highest BCUT2D eigenvalue weighted by molar-refractivity contribution is 8.59. The molecule has 0 aromatic carbocycles. The van der Waals surface area contributed by atoms with Crippen LogP contribution in [0.5, 0.6) is 0 Å². The molecule has 0 fully saturated rings. The molecule has 50 valence electrons. The van der Waals surface area contributed by atoms with E-state index in [0.717, 1.165) is 0 Å². The fraction of sp³-hybridized carbons (Fsp3) is 1.00. The highest BCUT2D eigenvalue weighted by Gasteiger charge is 2.02. The molecule has 0 saturated carbocycles. The Balaban J connectivity index is 3.26. The molecule has 0 saturated heterocycles. The highest BCUT2D eigenvalue weighted by atomic mass is 35.5. The van der Waals surface area contributed by atoms with Crippen molar-refractivity contribution in [1.29, 1.82) is 0 Å². The van der Waals surface area contributed by atoms with Gasteiger partial charge in [0.2, 0.25) is 5.69 Å². The maximum absolute atomic E-state index is 8.66. The molecule has 0 amide bonds. The van der Waals surface area contributed by atoms with Crippen LogP contribution in [0.4, 0.5) is 0 Å². The number of alkyl halides is 1. The molecule has 0 bridgehead atoms. The number of halogens is 1. The maximum Gasteiger partial charge on any atom is 0.241 e. The fourth-order valence-corrected chi connectivity index (χ4v) is 1.14. The summed E-state index contributed by atoms with van der Waals surface area (Å²) in [5.74, 6) is 0.333. The molecular weight excluding hydrogens is 187 g/mol. The monoisotopic (exact) mass is 192 g/mol. The van der Waals surface area contributed by atoms with Crippen molar-refractivity contribution in [1.82, 2.24) is 0 Å². The first-order valence-corrected chi connectivity index (χ1v) is 6.18. The quantitative estimate of drug-likeness (QED) is 0.402. The molecule has 1 N–H and O–H groups in total. The SMILES string of the molecule is OP(=S)(S)OCCCl. The summed E-state index contributed by atoms with van der Waals surface area (Å²) in [7, 11) is 0. The van der Waals surface area contributed by atoms with Gasteiger partial charge in [-0.2, -0.15) is 0 Å². The Kier molecular flexibility index (Phi) is 4.71. The van der Waals surface area contributed by atoms with Crippen LogP contribution in [0.3, 0.4) is 0 Å². The molecule has 0 aliphatic heterocycles. The molecule has 6 heteroatoms. The van der Waals surface area contributed by atoms with E-state index in [0.29, 0.717) is 5.88 Å². The average Bonchev–Trinajstić information content (AvgIpc) is 1.59. The van der Waals surface area contributed by atoms with E-state index in [1.54, 1.807) is 0 Å². The Hall–Kier alpha value is 1.21. The summed E-state index contributed by atoms with van der Waals surface area (Å²) >= 11 is 13.2. The summed E-state index contributed by atoms with van der Waals surface area (Å²) in [5.41, 5.74) is -2.74. The van der Waals surface area contributed by atoms with Gasteiger partial charge in [0, 0.05) is 5.88 Å². The van der Waals surface area contributed by atoms with Crippen LogP contribution in [0, 0.1) is 0 Å². The number of hydrogen-bond acceptors (Lipinski definition) is 2. The van der Waals surface area contributed by atoms with Crippen molar-refractivity contribution in [3.8, 4) is 0 Å². The van der Waals surface area contributed by atoms with Crippen molar-refractivity contribution in [3.05, 3.63) is 0 Å². The molecule has 8 heavy (non-hydrogen) atoms. The summed E-state index contributed by atoms with van der Waals surface area (Å²) in [6, 6.07) is 0. The summed E-state index contributed by atoms with van der Waals surface area (Å²) in [5, 5.41) is 0. The second-order valence-electron chi connectivity index (χ2n) is 1.01. The van der Waals surface area contributed by atoms with E-state index in [9.17, 15) is 0 Å². The van der Waals surface area contributed by atoms with Crippen molar-refractivity contribution in [2.24, 2.45) is 0 Å². The highest BCUT2D eigenvalue weighted by Crippen LogP contribution is 2.46. The Bertz CT molecular complexity index is 102. The largest absolute Gasteiger partial charge is 0.338 e. The molecule has 0 rings (SSSR count). The van der Waals surface area contributed by atoms with Crippen molar-refractivity contribution in [3.63, 3.8) is 0 Å². The third-order valence-corrected chi connectivity index (χ3v) is 1.67. The second-order valence-corrected chi connectivity index (χ2v) is 6.55. The minimum Gasteiger partial charge on any atom is -0.338 e. The molecule has 0 aliphatic rings. The summed E-state index contributed by atoms with van der Waals surface area (Å²) in [6.45, 7) is 0.263. The zero-order valence-electron chi connectivity index (χ0n) is 3.95. The molecule has 0 aromatic heterocycles. The zero-order chi connectivity index (χ0) is 6.62. The molecule has 1 atom stereocenters. The van der Waals surface area contributed by atoms with Gasteiger partial charge in [0.05, 0.1) is 6.61 Å². The van der Waals surface area contributed by atoms with Crippen LogP contribution in [0.1, 0.15) is 0 Å². The fourth-order valence-electron chi connectivity index (χ4n) is 0.153. The Morgan fingerprint density at radius 1 is 1.88 bits per heavy atom. The van der Waals surface area contributed by atoms with Gasteiger partial charge in [-0.05, 0) is 11.8 Å². The second kappa shape index (κ2) is 4.09. The van der Waals surface area contributed by atoms with Crippen LogP contribution in [0.2, 0.25) is 0 Å². The molecule has 0 heterocycles. The van der Waals surface area contributed by atoms with Crippen molar-refractivity contribution in [2.75, 3.05) is 12.5 Å². The molecule has 2 nitrogen and oxygen atoms in total. The van der Waals surface area contributed by atoms with Crippen LogP contribution >= 0.6 is 29.5 Å². The third kappa shape index (κ3) is 7.21. The predicted octanol–water partition coefficient (Wildman–Crippen LogP) is 1.39. The van der Waals surface area contributed by atoms with Gasteiger partial charge in [-0.15, -0.1) is 11.6 Å². The lowest BCUT2D eigenvalue weighted by molar-refractivity contribution is 0.343. The molecule has 0 aliphatic carbocycles. The Labute approximate surface area is 63.5 Å². The van der Waals surface area contributed by atoms with Gasteiger partial charge in [0.1, 0.15) is 0 Å². The van der Waals surface area contributed by atoms with E-state index in [-0.39, 0.29) is 6.61 Å². The normalized spacial score (nSPS) is 17.9. The van der Waals surface area contributed by atoms with E-state index in [4.69, 9.17) is 16.5 Å². The minimum absolute atomic E-state index is 0.263. The van der Waals surface area contributed by atoms with Crippen LogP contribution in [0.25, 0.3) is 0 Å². The molecule has 0 aromatic rings. The first-order valence-electron chi connectivity index (χ1n) is 1.82. The van der Waals surface area contributed by atoms with Gasteiger partial charge in [-0.1, -0.05) is 12.2 Å². The Morgan fingerprint density at radius 3 is 2.50 bits per heavy atom. The molecule has 1 unspecified atom stereocenters. The standard InChI is InChI=1S/C2H6ClO2PS2/c3-1-2-5-6(4,7)8/h1-2H2,(H2,4,7,8). The van der Waals surface area contributed by atoms with Gasteiger partial charge in [-0.3, -0.25) is 0 Å². The van der Waals surface area contributed by atoms with Crippen LogP contribution < -0.4 is 0 Å². The number of rotatable bonds is 3. The lowest BCUT2D eigenvalue weighted by Gasteiger charge is -2.05. The minimum atomic E-state index is -2.74. The van der Waals surface area contributed by atoms with Crippen molar-refractivity contribution >= 4 is 41.3 Å². The molecule has 0 spiro atoms. The van der Waals surface area contributed by atoms with Gasteiger partial charge < -0.3 is 9.42 Å². The lowest BCUT2D eigenvalue weighted by Crippen LogP contribution is -1.88. The van der Waals surface area contributed by atoms with Crippen LogP contribution in [0.15, 0.2) is 0 Å². The van der Waals surface area contributed by atoms with E-state index >= 15 is 0 Å².